The summed E-state index contributed by atoms with van der Waals surface area (Å²) in [6.07, 6.45) is 21.4. The van der Waals surface area contributed by atoms with Gasteiger partial charge in [0.05, 0.1) is 22.7 Å². The summed E-state index contributed by atoms with van der Waals surface area (Å²) >= 11 is 0. The first kappa shape index (κ1) is 31.0. The SMILES string of the molecule is C=c1[nH]cn/c1=C/C(=C\CC)CCCN(C)CCC(CC)c1nc(-c2cc(CC)c(/C=C\CC)[nH]2)c2c(N)nccn12. The van der Waals surface area contributed by atoms with E-state index in [1.807, 2.05) is 6.20 Å². The van der Waals surface area contributed by atoms with Gasteiger partial charge in [-0.1, -0.05) is 46.4 Å². The molecule has 0 radical (unpaired) electrons. The molecule has 4 heterocycles. The number of aryl methyl sites for hydroxylation is 1. The van der Waals surface area contributed by atoms with Gasteiger partial charge < -0.3 is 20.6 Å². The average Bonchev–Trinajstić information content (AvgIpc) is 3.70. The fourth-order valence-electron chi connectivity index (χ4n) is 5.56. The zero-order valence-electron chi connectivity index (χ0n) is 26.1. The monoisotopic (exact) mass is 568 g/mol. The minimum Gasteiger partial charge on any atom is -0.382 e. The molecule has 224 valence electrons. The van der Waals surface area contributed by atoms with Gasteiger partial charge in [-0.15, -0.1) is 0 Å². The molecule has 1 unspecified atom stereocenters. The maximum atomic E-state index is 6.46. The molecule has 0 aliphatic carbocycles. The Hall–Kier alpha value is -3.91. The topological polar surface area (TPSA) is 104 Å². The van der Waals surface area contributed by atoms with Gasteiger partial charge in [0.1, 0.15) is 22.9 Å². The van der Waals surface area contributed by atoms with Gasteiger partial charge in [-0.2, -0.15) is 0 Å². The number of nitrogens with two attached hydrogens (primary N) is 1. The van der Waals surface area contributed by atoms with Crippen molar-refractivity contribution >= 4 is 30.1 Å². The average molecular weight is 569 g/mol. The molecule has 0 amide bonds. The number of allylic oxidation sites excluding steroid dienone is 3. The van der Waals surface area contributed by atoms with E-state index in [4.69, 9.17) is 10.7 Å². The molecule has 4 aromatic heterocycles. The predicted octanol–water partition coefficient (Wildman–Crippen LogP) is 5.84. The summed E-state index contributed by atoms with van der Waals surface area (Å²) in [7, 11) is 2.22. The van der Waals surface area contributed by atoms with Crippen LogP contribution in [0.2, 0.25) is 0 Å². The summed E-state index contributed by atoms with van der Waals surface area (Å²) in [5.74, 6) is 1.86. The molecule has 0 spiro atoms. The molecular formula is C34H48N8. The van der Waals surface area contributed by atoms with Crippen LogP contribution in [0.15, 0.2) is 42.5 Å². The van der Waals surface area contributed by atoms with Crippen molar-refractivity contribution in [2.45, 2.75) is 78.6 Å². The van der Waals surface area contributed by atoms with Gasteiger partial charge in [-0.3, -0.25) is 4.40 Å². The Morgan fingerprint density at radius 3 is 2.69 bits per heavy atom. The standard InChI is InChI=1S/C34H48N8/c1-7-11-15-28-27(10-4)22-30(39-28)31-32-33(35)36-17-20-42(32)34(40-31)26(9-3)16-19-41(6)18-12-14-25(13-8-2)21-29-24(5)37-23-38-29/h11,13,15,17,20-23,26,39H,5,7-10,12,14,16,18-19H2,1-4,6H3,(H2,35,36)(H,37,38)/b15-11-,25-13-,29-21+. The highest BCUT2D eigenvalue weighted by Crippen LogP contribution is 2.33. The predicted molar refractivity (Wildman–Crippen MR) is 176 cm³/mol. The van der Waals surface area contributed by atoms with E-state index < -0.39 is 0 Å². The van der Waals surface area contributed by atoms with Gasteiger partial charge >= 0.3 is 0 Å². The maximum absolute atomic E-state index is 6.46. The molecule has 42 heavy (non-hydrogen) atoms. The first-order valence-corrected chi connectivity index (χ1v) is 15.5. The van der Waals surface area contributed by atoms with Crippen LogP contribution in [-0.2, 0) is 6.42 Å². The van der Waals surface area contributed by atoms with E-state index in [0.717, 1.165) is 97.2 Å². The van der Waals surface area contributed by atoms with Crippen molar-refractivity contribution in [3.05, 3.63) is 70.3 Å². The molecule has 0 saturated heterocycles. The van der Waals surface area contributed by atoms with Crippen molar-refractivity contribution in [1.82, 2.24) is 34.2 Å². The van der Waals surface area contributed by atoms with Crippen molar-refractivity contribution < 1.29 is 0 Å². The molecule has 4 N–H and O–H groups in total. The third-order valence-electron chi connectivity index (χ3n) is 7.96. The summed E-state index contributed by atoms with van der Waals surface area (Å²) in [5.41, 5.74) is 12.9. The quantitative estimate of drug-likeness (QED) is 0.167. The minimum absolute atomic E-state index is 0.301. The number of aromatic amines is 2. The maximum Gasteiger partial charge on any atom is 0.150 e. The molecule has 0 aliphatic heterocycles. The largest absolute Gasteiger partial charge is 0.382 e. The lowest BCUT2D eigenvalue weighted by Gasteiger charge is -2.20. The normalized spacial score (nSPS) is 13.8. The molecule has 8 nitrogen and oxygen atoms in total. The van der Waals surface area contributed by atoms with Crippen molar-refractivity contribution in [3.63, 3.8) is 0 Å². The smallest absolute Gasteiger partial charge is 0.150 e. The van der Waals surface area contributed by atoms with Gasteiger partial charge in [-0.25, -0.2) is 15.0 Å². The molecule has 0 fully saturated rings. The highest BCUT2D eigenvalue weighted by atomic mass is 15.1. The first-order chi connectivity index (χ1) is 20.4. The Bertz CT molecular complexity index is 1620. The Morgan fingerprint density at radius 2 is 2.00 bits per heavy atom. The number of nitrogen functional groups attached to an aromatic ring is 1. The molecule has 0 bridgehead atoms. The van der Waals surface area contributed by atoms with E-state index >= 15 is 0 Å². The lowest BCUT2D eigenvalue weighted by Crippen LogP contribution is -2.24. The van der Waals surface area contributed by atoms with Crippen LogP contribution in [-0.4, -0.2) is 54.4 Å². The number of hydrogen-bond acceptors (Lipinski definition) is 5. The van der Waals surface area contributed by atoms with Crippen LogP contribution < -0.4 is 16.4 Å². The van der Waals surface area contributed by atoms with E-state index in [0.29, 0.717) is 11.7 Å². The highest BCUT2D eigenvalue weighted by Gasteiger charge is 2.23. The van der Waals surface area contributed by atoms with Crippen LogP contribution in [0.5, 0.6) is 0 Å². The summed E-state index contributed by atoms with van der Waals surface area (Å²) in [4.78, 5) is 23.1. The Balaban J connectivity index is 1.48. The van der Waals surface area contributed by atoms with Crippen LogP contribution in [0.1, 0.15) is 89.2 Å². The third-order valence-corrected chi connectivity index (χ3v) is 7.96. The third kappa shape index (κ3) is 7.29. The number of nitrogens with one attached hydrogen (secondary N) is 2. The number of nitrogens with zero attached hydrogens (tertiary/aromatic N) is 5. The highest BCUT2D eigenvalue weighted by molar-refractivity contribution is 5.85. The Labute approximate surface area is 250 Å². The second-order valence-electron chi connectivity index (χ2n) is 11.0. The summed E-state index contributed by atoms with van der Waals surface area (Å²) in [6.45, 7) is 14.8. The summed E-state index contributed by atoms with van der Waals surface area (Å²) < 4.78 is 2.16. The van der Waals surface area contributed by atoms with Crippen LogP contribution in [0.25, 0.3) is 35.6 Å². The second-order valence-corrected chi connectivity index (χ2v) is 11.0. The molecular weight excluding hydrogens is 520 g/mol. The molecule has 8 heteroatoms. The lowest BCUT2D eigenvalue weighted by molar-refractivity contribution is 0.310. The van der Waals surface area contributed by atoms with Gasteiger partial charge in [0.15, 0.2) is 0 Å². The zero-order valence-corrected chi connectivity index (χ0v) is 26.1. The molecule has 4 rings (SSSR count). The van der Waals surface area contributed by atoms with Gasteiger partial charge in [0.2, 0.25) is 0 Å². The summed E-state index contributed by atoms with van der Waals surface area (Å²) in [6, 6.07) is 2.21. The van der Waals surface area contributed by atoms with Crippen LogP contribution in [0, 0.1) is 0 Å². The number of fused-ring (bicyclic) bond motifs is 1. The molecule has 0 aromatic carbocycles. The van der Waals surface area contributed by atoms with Crippen molar-refractivity contribution in [2.75, 3.05) is 25.9 Å². The number of aromatic nitrogens is 6. The Morgan fingerprint density at radius 1 is 1.17 bits per heavy atom. The van der Waals surface area contributed by atoms with Crippen LogP contribution in [0.3, 0.4) is 0 Å². The second kappa shape index (κ2) is 14.8. The molecule has 0 saturated carbocycles. The van der Waals surface area contributed by atoms with Crippen molar-refractivity contribution in [3.8, 4) is 11.4 Å². The van der Waals surface area contributed by atoms with Crippen molar-refractivity contribution in [2.24, 2.45) is 0 Å². The van der Waals surface area contributed by atoms with Crippen molar-refractivity contribution in [1.29, 1.82) is 0 Å². The summed E-state index contributed by atoms with van der Waals surface area (Å²) in [5, 5.41) is 1.79. The van der Waals surface area contributed by atoms with Gasteiger partial charge in [0.25, 0.3) is 0 Å². The first-order valence-electron chi connectivity index (χ1n) is 15.5. The fraction of sp³-hybridized carbons (Fsp3) is 0.441. The minimum atomic E-state index is 0.301. The van der Waals surface area contributed by atoms with E-state index in [2.05, 4.69) is 101 Å². The van der Waals surface area contributed by atoms with Gasteiger partial charge in [-0.05, 0) is 94.4 Å². The number of rotatable bonds is 15. The van der Waals surface area contributed by atoms with E-state index in [9.17, 15) is 0 Å². The number of H-pyrrole nitrogens is 2. The number of hydrogen-bond donors (Lipinski definition) is 3. The number of imidazole rings is 2. The molecule has 0 aliphatic rings. The van der Waals surface area contributed by atoms with E-state index in [1.54, 1.807) is 12.5 Å². The fourth-order valence-corrected chi connectivity index (χ4v) is 5.56. The van der Waals surface area contributed by atoms with Crippen LogP contribution in [0.4, 0.5) is 5.82 Å². The number of anilines is 1. The molecule has 4 aromatic rings. The Kier molecular flexibility index (Phi) is 11.0. The zero-order chi connectivity index (χ0) is 30.1. The van der Waals surface area contributed by atoms with Crippen LogP contribution >= 0.6 is 0 Å². The molecule has 1 atom stereocenters. The van der Waals surface area contributed by atoms with E-state index in [1.165, 1.54) is 11.1 Å². The van der Waals surface area contributed by atoms with E-state index in [-0.39, 0.29) is 0 Å². The lowest BCUT2D eigenvalue weighted by atomic mass is 10.0. The van der Waals surface area contributed by atoms with Gasteiger partial charge in [0, 0.05) is 24.0 Å².